The average Bonchev–Trinajstić information content (AvgIpc) is 3.16. The molecule has 0 radical (unpaired) electrons. The first-order valence-electron chi connectivity index (χ1n) is 8.41. The van der Waals surface area contributed by atoms with Gasteiger partial charge in [0.25, 0.3) is 10.0 Å². The summed E-state index contributed by atoms with van der Waals surface area (Å²) in [4.78, 5) is 0.176. The number of nitrogens with one attached hydrogen (secondary N) is 1. The molecule has 1 N–H and O–H groups in total. The summed E-state index contributed by atoms with van der Waals surface area (Å²) in [7, 11) is -2.15. The molecule has 4 rings (SSSR count). The summed E-state index contributed by atoms with van der Waals surface area (Å²) < 4.78 is 34.6. The molecule has 4 aromatic rings. The van der Waals surface area contributed by atoms with E-state index < -0.39 is 10.0 Å². The van der Waals surface area contributed by atoms with Gasteiger partial charge in [-0.2, -0.15) is 9.61 Å². The van der Waals surface area contributed by atoms with Gasteiger partial charge in [0, 0.05) is 11.3 Å². The number of rotatable bonds is 5. The topological polar surface area (TPSA) is 98.5 Å². The van der Waals surface area contributed by atoms with Gasteiger partial charge in [-0.05, 0) is 55.0 Å². The summed E-state index contributed by atoms with van der Waals surface area (Å²) in [5.41, 5.74) is 3.44. The summed E-state index contributed by atoms with van der Waals surface area (Å²) in [6.45, 7) is 1.80. The fourth-order valence-corrected chi connectivity index (χ4v) is 3.97. The molecule has 2 aromatic carbocycles. The SMILES string of the molecule is COc1ccc(S(=O)(=O)Nc2ccc(-c3ccc4nncn4n3)cc2)cc1C. The van der Waals surface area contributed by atoms with Crippen LogP contribution < -0.4 is 9.46 Å². The monoisotopic (exact) mass is 395 g/mol. The molecule has 9 heteroatoms. The smallest absolute Gasteiger partial charge is 0.261 e. The number of nitrogens with zero attached hydrogens (tertiary/aromatic N) is 4. The van der Waals surface area contributed by atoms with Crippen LogP contribution in [-0.2, 0) is 10.0 Å². The lowest BCUT2D eigenvalue weighted by molar-refractivity contribution is 0.411. The molecular formula is C19H17N5O3S. The molecular weight excluding hydrogens is 378 g/mol. The van der Waals surface area contributed by atoms with Crippen molar-refractivity contribution in [2.24, 2.45) is 0 Å². The van der Waals surface area contributed by atoms with Gasteiger partial charge < -0.3 is 4.74 Å². The largest absolute Gasteiger partial charge is 0.496 e. The van der Waals surface area contributed by atoms with Gasteiger partial charge >= 0.3 is 0 Å². The number of aromatic nitrogens is 4. The van der Waals surface area contributed by atoms with E-state index in [1.165, 1.54) is 12.4 Å². The van der Waals surface area contributed by atoms with E-state index in [4.69, 9.17) is 4.74 Å². The predicted molar refractivity (Wildman–Crippen MR) is 105 cm³/mol. The molecule has 0 amide bonds. The highest BCUT2D eigenvalue weighted by Gasteiger charge is 2.16. The first-order chi connectivity index (χ1) is 13.5. The Balaban J connectivity index is 1.57. The van der Waals surface area contributed by atoms with Gasteiger partial charge in [-0.25, -0.2) is 8.42 Å². The highest BCUT2D eigenvalue weighted by molar-refractivity contribution is 7.92. The second kappa shape index (κ2) is 6.93. The van der Waals surface area contributed by atoms with Crippen molar-refractivity contribution in [3.8, 4) is 17.0 Å². The minimum atomic E-state index is -3.70. The summed E-state index contributed by atoms with van der Waals surface area (Å²) in [6, 6.07) is 15.4. The average molecular weight is 395 g/mol. The van der Waals surface area contributed by atoms with E-state index in [0.29, 0.717) is 17.1 Å². The van der Waals surface area contributed by atoms with Crippen LogP contribution in [0.4, 0.5) is 5.69 Å². The van der Waals surface area contributed by atoms with Crippen molar-refractivity contribution >= 4 is 21.4 Å². The quantitative estimate of drug-likeness (QED) is 0.558. The number of sulfonamides is 1. The van der Waals surface area contributed by atoms with Gasteiger partial charge in [-0.1, -0.05) is 12.1 Å². The molecule has 8 nitrogen and oxygen atoms in total. The Morgan fingerprint density at radius 2 is 1.82 bits per heavy atom. The Bertz CT molecular complexity index is 1250. The van der Waals surface area contributed by atoms with E-state index >= 15 is 0 Å². The number of fused-ring (bicyclic) bond motifs is 1. The van der Waals surface area contributed by atoms with Crippen LogP contribution in [0.5, 0.6) is 5.75 Å². The molecule has 0 bridgehead atoms. The lowest BCUT2D eigenvalue weighted by Gasteiger charge is -2.11. The van der Waals surface area contributed by atoms with Gasteiger partial charge in [0.2, 0.25) is 0 Å². The highest BCUT2D eigenvalue weighted by atomic mass is 32.2. The molecule has 0 fully saturated rings. The fourth-order valence-electron chi connectivity index (χ4n) is 2.82. The molecule has 2 aromatic heterocycles. The number of anilines is 1. The molecule has 0 aliphatic heterocycles. The van der Waals surface area contributed by atoms with Crippen molar-refractivity contribution in [1.82, 2.24) is 19.8 Å². The van der Waals surface area contributed by atoms with Gasteiger partial charge in [-0.15, -0.1) is 10.2 Å². The van der Waals surface area contributed by atoms with Crippen LogP contribution in [0.15, 0.2) is 65.8 Å². The molecule has 0 aliphatic rings. The van der Waals surface area contributed by atoms with E-state index in [1.54, 1.807) is 54.9 Å². The minimum absolute atomic E-state index is 0.176. The standard InChI is InChI=1S/C19H17N5O3S/c1-13-11-16(7-9-18(13)27-2)28(25,26)23-15-5-3-14(4-6-15)17-8-10-19-21-20-12-24(19)22-17/h3-12,23H,1-2H3. The van der Waals surface area contributed by atoms with E-state index in [-0.39, 0.29) is 4.90 Å². The number of ether oxygens (including phenoxy) is 1. The van der Waals surface area contributed by atoms with Crippen molar-refractivity contribution in [2.75, 3.05) is 11.8 Å². The van der Waals surface area contributed by atoms with E-state index in [2.05, 4.69) is 20.0 Å². The lowest BCUT2D eigenvalue weighted by atomic mass is 10.1. The first kappa shape index (κ1) is 17.9. The predicted octanol–water partition coefficient (Wildman–Crippen LogP) is 2.91. The van der Waals surface area contributed by atoms with Crippen LogP contribution in [0.3, 0.4) is 0 Å². The van der Waals surface area contributed by atoms with Crippen LogP contribution in [0, 0.1) is 6.92 Å². The summed E-state index contributed by atoms with van der Waals surface area (Å²) in [5.74, 6) is 0.640. The lowest BCUT2D eigenvalue weighted by Crippen LogP contribution is -2.13. The summed E-state index contributed by atoms with van der Waals surface area (Å²) in [6.07, 6.45) is 1.53. The molecule has 0 spiro atoms. The Hall–Kier alpha value is -3.46. The number of methoxy groups -OCH3 is 1. The maximum absolute atomic E-state index is 12.6. The molecule has 0 saturated carbocycles. The number of hydrogen-bond acceptors (Lipinski definition) is 6. The fraction of sp³-hybridized carbons (Fsp3) is 0.105. The summed E-state index contributed by atoms with van der Waals surface area (Å²) in [5, 5.41) is 12.1. The Morgan fingerprint density at radius 3 is 2.54 bits per heavy atom. The maximum Gasteiger partial charge on any atom is 0.261 e. The van der Waals surface area contributed by atoms with Crippen LogP contribution >= 0.6 is 0 Å². The Morgan fingerprint density at radius 1 is 1.04 bits per heavy atom. The van der Waals surface area contributed by atoms with E-state index in [0.717, 1.165) is 16.8 Å². The Kier molecular flexibility index (Phi) is 4.44. The van der Waals surface area contributed by atoms with Gasteiger partial charge in [0.1, 0.15) is 12.1 Å². The van der Waals surface area contributed by atoms with Crippen LogP contribution in [0.2, 0.25) is 0 Å². The zero-order chi connectivity index (χ0) is 19.7. The van der Waals surface area contributed by atoms with Crippen LogP contribution in [0.25, 0.3) is 16.9 Å². The van der Waals surface area contributed by atoms with Crippen molar-refractivity contribution in [3.63, 3.8) is 0 Å². The highest BCUT2D eigenvalue weighted by Crippen LogP contribution is 2.24. The first-order valence-corrected chi connectivity index (χ1v) is 9.89. The molecule has 2 heterocycles. The van der Waals surface area contributed by atoms with E-state index in [9.17, 15) is 8.42 Å². The zero-order valence-electron chi connectivity index (χ0n) is 15.2. The van der Waals surface area contributed by atoms with Gasteiger partial charge in [0.05, 0.1) is 17.7 Å². The molecule has 28 heavy (non-hydrogen) atoms. The number of hydrogen-bond donors (Lipinski definition) is 1. The molecule has 142 valence electrons. The molecule has 0 aliphatic carbocycles. The summed E-state index contributed by atoms with van der Waals surface area (Å²) >= 11 is 0. The van der Waals surface area contributed by atoms with Crippen LogP contribution in [-0.4, -0.2) is 35.3 Å². The number of benzene rings is 2. The van der Waals surface area contributed by atoms with Crippen molar-refractivity contribution < 1.29 is 13.2 Å². The third-order valence-corrected chi connectivity index (χ3v) is 5.65. The minimum Gasteiger partial charge on any atom is -0.496 e. The van der Waals surface area contributed by atoms with E-state index in [1.807, 2.05) is 12.1 Å². The zero-order valence-corrected chi connectivity index (χ0v) is 16.0. The van der Waals surface area contributed by atoms with Crippen LogP contribution in [0.1, 0.15) is 5.56 Å². The molecule has 0 unspecified atom stereocenters. The normalized spacial score (nSPS) is 11.5. The third-order valence-electron chi connectivity index (χ3n) is 4.27. The molecule has 0 atom stereocenters. The second-order valence-corrected chi connectivity index (χ2v) is 7.85. The molecule has 0 saturated heterocycles. The van der Waals surface area contributed by atoms with Crippen molar-refractivity contribution in [3.05, 3.63) is 66.5 Å². The third kappa shape index (κ3) is 3.39. The maximum atomic E-state index is 12.6. The second-order valence-electron chi connectivity index (χ2n) is 6.17. The number of aryl methyl sites for hydroxylation is 1. The van der Waals surface area contributed by atoms with Gasteiger partial charge in [-0.3, -0.25) is 4.72 Å². The van der Waals surface area contributed by atoms with Gasteiger partial charge in [0.15, 0.2) is 5.65 Å². The van der Waals surface area contributed by atoms with Crippen molar-refractivity contribution in [2.45, 2.75) is 11.8 Å². The Labute approximate surface area is 161 Å². The van der Waals surface area contributed by atoms with Crippen molar-refractivity contribution in [1.29, 1.82) is 0 Å².